The molecule has 0 radical (unpaired) electrons. The Morgan fingerprint density at radius 1 is 1.38 bits per heavy atom. The van der Waals surface area contributed by atoms with Crippen LogP contribution in [-0.2, 0) is 4.74 Å². The summed E-state index contributed by atoms with van der Waals surface area (Å²) in [7, 11) is 0. The first-order valence-electron chi connectivity index (χ1n) is 4.18. The molecule has 1 fully saturated rings. The van der Waals surface area contributed by atoms with Gasteiger partial charge in [0.1, 0.15) is 0 Å². The first-order chi connectivity index (χ1) is 6.38. The van der Waals surface area contributed by atoms with Gasteiger partial charge in [-0.25, -0.2) is 0 Å². The SMILES string of the molecule is Clc1nnccc1N1CCOCC1. The van der Waals surface area contributed by atoms with E-state index in [0.29, 0.717) is 5.15 Å². The molecule has 1 aromatic heterocycles. The Bertz CT molecular complexity index is 288. The Morgan fingerprint density at radius 3 is 2.85 bits per heavy atom. The topological polar surface area (TPSA) is 38.2 Å². The molecule has 0 atom stereocenters. The van der Waals surface area contributed by atoms with Gasteiger partial charge in [0.05, 0.1) is 25.1 Å². The Kier molecular flexibility index (Phi) is 2.61. The van der Waals surface area contributed by atoms with E-state index in [1.165, 1.54) is 0 Å². The van der Waals surface area contributed by atoms with E-state index in [1.54, 1.807) is 6.20 Å². The number of morpholine rings is 1. The van der Waals surface area contributed by atoms with Crippen LogP contribution in [-0.4, -0.2) is 36.5 Å². The molecule has 0 spiro atoms. The Balaban J connectivity index is 2.18. The number of nitrogens with zero attached hydrogens (tertiary/aromatic N) is 3. The molecule has 2 heterocycles. The van der Waals surface area contributed by atoms with Crippen molar-refractivity contribution in [3.63, 3.8) is 0 Å². The third-order valence-electron chi connectivity index (χ3n) is 2.01. The fourth-order valence-electron chi connectivity index (χ4n) is 1.35. The molecule has 70 valence electrons. The lowest BCUT2D eigenvalue weighted by Crippen LogP contribution is -2.36. The highest BCUT2D eigenvalue weighted by Crippen LogP contribution is 2.22. The first kappa shape index (κ1) is 8.72. The number of hydrogen-bond donors (Lipinski definition) is 0. The van der Waals surface area contributed by atoms with E-state index in [0.717, 1.165) is 32.0 Å². The summed E-state index contributed by atoms with van der Waals surface area (Å²) in [5, 5.41) is 7.95. The zero-order valence-electron chi connectivity index (χ0n) is 7.11. The van der Waals surface area contributed by atoms with Crippen molar-refractivity contribution in [1.29, 1.82) is 0 Å². The van der Waals surface area contributed by atoms with Crippen LogP contribution in [0.15, 0.2) is 12.3 Å². The maximum atomic E-state index is 5.90. The summed E-state index contributed by atoms with van der Waals surface area (Å²) < 4.78 is 5.24. The molecule has 0 amide bonds. The highest BCUT2D eigenvalue weighted by molar-refractivity contribution is 6.31. The van der Waals surface area contributed by atoms with Gasteiger partial charge in [0.2, 0.25) is 0 Å². The highest BCUT2D eigenvalue weighted by Gasteiger charge is 2.14. The minimum absolute atomic E-state index is 0.462. The molecule has 2 rings (SSSR count). The number of halogens is 1. The molecule has 4 nitrogen and oxygen atoms in total. The van der Waals surface area contributed by atoms with Gasteiger partial charge in [-0.1, -0.05) is 11.6 Å². The van der Waals surface area contributed by atoms with Gasteiger partial charge < -0.3 is 9.64 Å². The summed E-state index contributed by atoms with van der Waals surface area (Å²) in [4.78, 5) is 2.15. The molecule has 0 unspecified atom stereocenters. The Labute approximate surface area is 81.5 Å². The fraction of sp³-hybridized carbons (Fsp3) is 0.500. The largest absolute Gasteiger partial charge is 0.378 e. The van der Waals surface area contributed by atoms with Crippen LogP contribution in [0.2, 0.25) is 5.15 Å². The van der Waals surface area contributed by atoms with Gasteiger partial charge >= 0.3 is 0 Å². The summed E-state index contributed by atoms with van der Waals surface area (Å²) in [6.07, 6.45) is 1.65. The van der Waals surface area contributed by atoms with Crippen molar-refractivity contribution < 1.29 is 4.74 Å². The minimum atomic E-state index is 0.462. The van der Waals surface area contributed by atoms with Crippen LogP contribution in [0.1, 0.15) is 0 Å². The van der Waals surface area contributed by atoms with Crippen LogP contribution in [0.25, 0.3) is 0 Å². The van der Waals surface area contributed by atoms with Crippen molar-refractivity contribution in [3.8, 4) is 0 Å². The van der Waals surface area contributed by atoms with Gasteiger partial charge in [0.15, 0.2) is 5.15 Å². The van der Waals surface area contributed by atoms with Crippen LogP contribution in [0.4, 0.5) is 5.69 Å². The Morgan fingerprint density at radius 2 is 2.15 bits per heavy atom. The standard InChI is InChI=1S/C8H10ClN3O/c9-8-7(1-2-10-11-8)12-3-5-13-6-4-12/h1-2H,3-6H2. The lowest BCUT2D eigenvalue weighted by molar-refractivity contribution is 0.122. The van der Waals surface area contributed by atoms with Gasteiger partial charge in [-0.15, -0.1) is 5.10 Å². The third-order valence-corrected chi connectivity index (χ3v) is 2.28. The molecule has 0 N–H and O–H groups in total. The molecule has 1 aliphatic heterocycles. The van der Waals surface area contributed by atoms with E-state index in [4.69, 9.17) is 16.3 Å². The quantitative estimate of drug-likeness (QED) is 0.676. The van der Waals surface area contributed by atoms with E-state index < -0.39 is 0 Å². The van der Waals surface area contributed by atoms with Crippen molar-refractivity contribution in [1.82, 2.24) is 10.2 Å². The van der Waals surface area contributed by atoms with Crippen LogP contribution >= 0.6 is 11.6 Å². The molecule has 0 saturated carbocycles. The van der Waals surface area contributed by atoms with Gasteiger partial charge in [-0.05, 0) is 6.07 Å². The van der Waals surface area contributed by atoms with Crippen molar-refractivity contribution in [2.24, 2.45) is 0 Å². The summed E-state index contributed by atoms with van der Waals surface area (Å²) >= 11 is 5.90. The van der Waals surface area contributed by atoms with Gasteiger partial charge in [0.25, 0.3) is 0 Å². The molecular formula is C8H10ClN3O. The molecule has 1 aliphatic rings. The van der Waals surface area contributed by atoms with Crippen LogP contribution in [0.5, 0.6) is 0 Å². The number of ether oxygens (including phenoxy) is 1. The van der Waals surface area contributed by atoms with E-state index >= 15 is 0 Å². The summed E-state index contributed by atoms with van der Waals surface area (Å²) in [5.74, 6) is 0. The maximum absolute atomic E-state index is 5.90. The monoisotopic (exact) mass is 199 g/mol. The van der Waals surface area contributed by atoms with Crippen molar-refractivity contribution in [2.75, 3.05) is 31.2 Å². The molecule has 1 saturated heterocycles. The molecule has 5 heteroatoms. The second-order valence-electron chi connectivity index (χ2n) is 2.81. The molecule has 0 aliphatic carbocycles. The predicted molar refractivity (Wildman–Crippen MR) is 50.1 cm³/mol. The highest BCUT2D eigenvalue weighted by atomic mass is 35.5. The third kappa shape index (κ3) is 1.89. The van der Waals surface area contributed by atoms with Crippen LogP contribution in [0.3, 0.4) is 0 Å². The molecule has 0 aromatic carbocycles. The van der Waals surface area contributed by atoms with E-state index in [2.05, 4.69) is 15.1 Å². The molecule has 13 heavy (non-hydrogen) atoms. The van der Waals surface area contributed by atoms with Crippen LogP contribution in [0, 0.1) is 0 Å². The lowest BCUT2D eigenvalue weighted by Gasteiger charge is -2.28. The molecule has 0 bridgehead atoms. The zero-order valence-corrected chi connectivity index (χ0v) is 7.87. The summed E-state index contributed by atoms with van der Waals surface area (Å²) in [6, 6.07) is 1.88. The normalized spacial score (nSPS) is 17.5. The van der Waals surface area contributed by atoms with Gasteiger partial charge in [-0.2, -0.15) is 5.10 Å². The van der Waals surface area contributed by atoms with E-state index in [-0.39, 0.29) is 0 Å². The van der Waals surface area contributed by atoms with Crippen molar-refractivity contribution in [3.05, 3.63) is 17.4 Å². The Hall–Kier alpha value is -0.870. The zero-order chi connectivity index (χ0) is 9.10. The first-order valence-corrected chi connectivity index (χ1v) is 4.55. The smallest absolute Gasteiger partial charge is 0.174 e. The average Bonchev–Trinajstić information content (AvgIpc) is 2.20. The lowest BCUT2D eigenvalue weighted by atomic mass is 10.3. The number of aromatic nitrogens is 2. The fourth-order valence-corrected chi connectivity index (χ4v) is 1.57. The van der Waals surface area contributed by atoms with E-state index in [1.807, 2.05) is 6.07 Å². The number of hydrogen-bond acceptors (Lipinski definition) is 4. The summed E-state index contributed by atoms with van der Waals surface area (Å²) in [6.45, 7) is 3.23. The number of anilines is 1. The predicted octanol–water partition coefficient (Wildman–Crippen LogP) is 0.967. The van der Waals surface area contributed by atoms with Gasteiger partial charge in [0, 0.05) is 13.1 Å². The van der Waals surface area contributed by atoms with Crippen molar-refractivity contribution >= 4 is 17.3 Å². The molecule has 1 aromatic rings. The second-order valence-corrected chi connectivity index (χ2v) is 3.16. The minimum Gasteiger partial charge on any atom is -0.378 e. The average molecular weight is 200 g/mol. The van der Waals surface area contributed by atoms with Crippen LogP contribution < -0.4 is 4.90 Å². The van der Waals surface area contributed by atoms with Crippen molar-refractivity contribution in [2.45, 2.75) is 0 Å². The van der Waals surface area contributed by atoms with E-state index in [9.17, 15) is 0 Å². The summed E-state index contributed by atoms with van der Waals surface area (Å²) in [5.41, 5.74) is 0.944. The number of rotatable bonds is 1. The second kappa shape index (κ2) is 3.89. The van der Waals surface area contributed by atoms with Gasteiger partial charge in [-0.3, -0.25) is 0 Å². The maximum Gasteiger partial charge on any atom is 0.174 e. The molecular weight excluding hydrogens is 190 g/mol.